The predicted octanol–water partition coefficient (Wildman–Crippen LogP) is 6.31. The lowest BCUT2D eigenvalue weighted by atomic mass is 9.71. The van der Waals surface area contributed by atoms with Gasteiger partial charge in [-0.2, -0.15) is 0 Å². The molecule has 1 aliphatic heterocycles. The van der Waals surface area contributed by atoms with Crippen LogP contribution in [0.3, 0.4) is 0 Å². The highest BCUT2D eigenvalue weighted by Crippen LogP contribution is 2.43. The number of rotatable bonds is 7. The van der Waals surface area contributed by atoms with Gasteiger partial charge in [0.25, 0.3) is 11.8 Å². The van der Waals surface area contributed by atoms with Gasteiger partial charge in [-0.25, -0.2) is 8.78 Å². The van der Waals surface area contributed by atoms with E-state index in [4.69, 9.17) is 16.3 Å². The van der Waals surface area contributed by atoms with Crippen LogP contribution in [0.4, 0.5) is 8.78 Å². The van der Waals surface area contributed by atoms with Gasteiger partial charge in [-0.05, 0) is 78.1 Å². The summed E-state index contributed by atoms with van der Waals surface area (Å²) >= 11 is 8.95. The number of halogens is 4. The molecule has 0 aromatic heterocycles. The standard InChI is InChI=1S/C29H29BrClF2NO5/c1-15(2)20-8-4-16(3)10-24(20)39-28(38)29(13-25(31)35)22-12-19(32)7-9-21(22)26(36)34(27(29)37)14-17-5-6-18(30)11-23(17)33/h5-7,9,11-12,15-16,20,24H,4,8,10,13-14H2,1-3H3/t16-,20+,24-,29+/m1/s1. The molecule has 4 atom stereocenters. The average Bonchev–Trinajstić information content (AvgIpc) is 2.85. The van der Waals surface area contributed by atoms with E-state index in [1.807, 2.05) is 20.8 Å². The zero-order chi connectivity index (χ0) is 28.6. The van der Waals surface area contributed by atoms with Gasteiger partial charge in [0.2, 0.25) is 5.24 Å². The Hall–Kier alpha value is -2.65. The third kappa shape index (κ3) is 5.66. The van der Waals surface area contributed by atoms with Crippen molar-refractivity contribution in [1.29, 1.82) is 0 Å². The number of nitrogens with zero attached hydrogens (tertiary/aromatic N) is 1. The van der Waals surface area contributed by atoms with Crippen LogP contribution in [0, 0.1) is 29.4 Å². The molecule has 0 unspecified atom stereocenters. The molecule has 1 fully saturated rings. The van der Waals surface area contributed by atoms with E-state index in [1.54, 1.807) is 6.07 Å². The van der Waals surface area contributed by atoms with Gasteiger partial charge in [0, 0.05) is 15.6 Å². The number of hydrogen-bond donors (Lipinski definition) is 0. The SMILES string of the molecule is CC(C)[C@@H]1CC[C@@H](C)C[C@H]1OC(=O)[C@]1(CC(=O)Cl)C(=O)N(Cc2ccc(Br)cc2F)C(=O)c2ccc(F)cc21. The van der Waals surface area contributed by atoms with E-state index in [9.17, 15) is 28.0 Å². The van der Waals surface area contributed by atoms with Crippen LogP contribution in [0.5, 0.6) is 0 Å². The minimum atomic E-state index is -2.42. The summed E-state index contributed by atoms with van der Waals surface area (Å²) in [5.41, 5.74) is -2.86. The highest BCUT2D eigenvalue weighted by molar-refractivity contribution is 9.10. The van der Waals surface area contributed by atoms with Gasteiger partial charge in [-0.3, -0.25) is 24.1 Å². The highest BCUT2D eigenvalue weighted by Gasteiger charge is 2.59. The van der Waals surface area contributed by atoms with E-state index < -0.39 is 59.1 Å². The van der Waals surface area contributed by atoms with E-state index in [0.29, 0.717) is 15.8 Å². The van der Waals surface area contributed by atoms with Gasteiger partial charge >= 0.3 is 5.97 Å². The summed E-state index contributed by atoms with van der Waals surface area (Å²) in [6, 6.07) is 7.17. The molecule has 39 heavy (non-hydrogen) atoms. The Balaban J connectivity index is 1.85. The molecule has 2 aliphatic rings. The second kappa shape index (κ2) is 11.5. The summed E-state index contributed by atoms with van der Waals surface area (Å²) in [4.78, 5) is 54.8. The summed E-state index contributed by atoms with van der Waals surface area (Å²) < 4.78 is 35.7. The molecule has 4 rings (SSSR count). The van der Waals surface area contributed by atoms with Crippen molar-refractivity contribution in [3.63, 3.8) is 0 Å². The molecule has 1 heterocycles. The molecule has 0 spiro atoms. The van der Waals surface area contributed by atoms with Gasteiger partial charge in [0.1, 0.15) is 17.7 Å². The fraction of sp³-hybridized carbons (Fsp3) is 0.448. The Morgan fingerprint density at radius 3 is 2.51 bits per heavy atom. The molecule has 2 aromatic rings. The van der Waals surface area contributed by atoms with Crippen molar-refractivity contribution >= 4 is 50.6 Å². The van der Waals surface area contributed by atoms with Gasteiger partial charge in [0.05, 0.1) is 13.0 Å². The zero-order valence-electron chi connectivity index (χ0n) is 21.8. The molecule has 1 aliphatic carbocycles. The number of hydrogen-bond acceptors (Lipinski definition) is 5. The lowest BCUT2D eigenvalue weighted by Gasteiger charge is -2.42. The van der Waals surface area contributed by atoms with Crippen molar-refractivity contribution < 1.29 is 32.7 Å². The predicted molar refractivity (Wildman–Crippen MR) is 144 cm³/mol. The van der Waals surface area contributed by atoms with Crippen molar-refractivity contribution in [3.05, 3.63) is 69.2 Å². The lowest BCUT2D eigenvalue weighted by molar-refractivity contribution is -0.169. The smallest absolute Gasteiger partial charge is 0.327 e. The number of benzene rings is 2. The van der Waals surface area contributed by atoms with E-state index in [1.165, 1.54) is 12.1 Å². The van der Waals surface area contributed by atoms with Crippen LogP contribution in [-0.4, -0.2) is 34.0 Å². The number of fused-ring (bicyclic) bond motifs is 1. The minimum Gasteiger partial charge on any atom is -0.461 e. The van der Waals surface area contributed by atoms with Crippen molar-refractivity contribution in [2.24, 2.45) is 17.8 Å². The summed E-state index contributed by atoms with van der Waals surface area (Å²) in [5.74, 6) is -4.11. The summed E-state index contributed by atoms with van der Waals surface area (Å²) in [6.45, 7) is 5.56. The number of amides is 2. The number of ether oxygens (including phenoxy) is 1. The molecule has 2 amide bonds. The largest absolute Gasteiger partial charge is 0.461 e. The van der Waals surface area contributed by atoms with Crippen molar-refractivity contribution in [1.82, 2.24) is 4.90 Å². The van der Waals surface area contributed by atoms with E-state index in [2.05, 4.69) is 15.9 Å². The molecule has 0 radical (unpaired) electrons. The number of imide groups is 1. The average molecular weight is 625 g/mol. The molecule has 0 bridgehead atoms. The normalized spacial score (nSPS) is 25.0. The molecule has 208 valence electrons. The summed E-state index contributed by atoms with van der Waals surface area (Å²) in [6.07, 6.45) is 0.907. The van der Waals surface area contributed by atoms with Crippen LogP contribution in [0.15, 0.2) is 40.9 Å². The van der Waals surface area contributed by atoms with Crippen LogP contribution in [-0.2, 0) is 31.1 Å². The molecule has 0 saturated heterocycles. The van der Waals surface area contributed by atoms with Crippen molar-refractivity contribution in [2.45, 2.75) is 64.5 Å². The Morgan fingerprint density at radius 1 is 1.15 bits per heavy atom. The van der Waals surface area contributed by atoms with Crippen LogP contribution in [0.2, 0.25) is 0 Å². The maximum absolute atomic E-state index is 14.7. The fourth-order valence-corrected chi connectivity index (χ4v) is 6.27. The maximum atomic E-state index is 14.7. The van der Waals surface area contributed by atoms with E-state index >= 15 is 0 Å². The quantitative estimate of drug-likeness (QED) is 0.156. The monoisotopic (exact) mass is 623 g/mol. The lowest BCUT2D eigenvalue weighted by Crippen LogP contribution is -2.59. The van der Waals surface area contributed by atoms with Gasteiger partial charge in [-0.15, -0.1) is 0 Å². The number of esters is 1. The molecule has 0 N–H and O–H groups in total. The molecular formula is C29H29BrClF2NO5. The summed E-state index contributed by atoms with van der Waals surface area (Å²) in [7, 11) is 0. The Kier molecular flexibility index (Phi) is 8.61. The number of carbonyl (C=O) groups excluding carboxylic acids is 4. The highest BCUT2D eigenvalue weighted by atomic mass is 79.9. The Bertz CT molecular complexity index is 1330. The third-order valence-electron chi connectivity index (χ3n) is 7.84. The van der Waals surface area contributed by atoms with E-state index in [-0.39, 0.29) is 34.4 Å². The van der Waals surface area contributed by atoms with Gasteiger partial charge in [0.15, 0.2) is 5.41 Å². The van der Waals surface area contributed by atoms with Gasteiger partial charge < -0.3 is 4.74 Å². The fourth-order valence-electron chi connectivity index (χ4n) is 5.74. The van der Waals surface area contributed by atoms with Crippen LogP contribution < -0.4 is 0 Å². The number of carbonyl (C=O) groups is 4. The Morgan fingerprint density at radius 2 is 1.87 bits per heavy atom. The third-order valence-corrected chi connectivity index (χ3v) is 8.47. The Labute approximate surface area is 239 Å². The first kappa shape index (κ1) is 29.3. The molecule has 1 saturated carbocycles. The van der Waals surface area contributed by atoms with Crippen LogP contribution in [0.25, 0.3) is 0 Å². The molecular weight excluding hydrogens is 596 g/mol. The second-order valence-electron chi connectivity index (χ2n) is 10.8. The topological polar surface area (TPSA) is 80.8 Å². The molecule has 10 heteroatoms. The van der Waals surface area contributed by atoms with Gasteiger partial charge in [-0.1, -0.05) is 49.2 Å². The van der Waals surface area contributed by atoms with E-state index in [0.717, 1.165) is 31.0 Å². The summed E-state index contributed by atoms with van der Waals surface area (Å²) in [5, 5.41) is -1.04. The second-order valence-corrected chi connectivity index (χ2v) is 12.2. The molecule has 6 nitrogen and oxygen atoms in total. The first-order valence-corrected chi connectivity index (χ1v) is 14.0. The first-order chi connectivity index (χ1) is 18.3. The van der Waals surface area contributed by atoms with Crippen LogP contribution in [0.1, 0.15) is 67.9 Å². The molecule has 2 aromatic carbocycles. The van der Waals surface area contributed by atoms with Crippen LogP contribution >= 0.6 is 27.5 Å². The maximum Gasteiger partial charge on any atom is 0.327 e. The van der Waals surface area contributed by atoms with Crippen molar-refractivity contribution in [2.75, 3.05) is 0 Å². The zero-order valence-corrected chi connectivity index (χ0v) is 24.2. The minimum absolute atomic E-state index is 0.00547. The van der Waals surface area contributed by atoms with Crippen molar-refractivity contribution in [3.8, 4) is 0 Å². The first-order valence-electron chi connectivity index (χ1n) is 12.8.